The van der Waals surface area contributed by atoms with Crippen molar-refractivity contribution in [3.8, 4) is 0 Å². The first kappa shape index (κ1) is 13.2. The zero-order valence-corrected chi connectivity index (χ0v) is 8.51. The molecule has 0 aromatic heterocycles. The van der Waals surface area contributed by atoms with Crippen molar-refractivity contribution in [2.24, 2.45) is 0 Å². The summed E-state index contributed by atoms with van der Waals surface area (Å²) in [4.78, 5) is 0. The first-order valence-electron chi connectivity index (χ1n) is 4.05. The maximum absolute atomic E-state index is 12.2. The summed E-state index contributed by atoms with van der Waals surface area (Å²) in [7, 11) is 0. The van der Waals surface area contributed by atoms with Crippen LogP contribution in [0.1, 0.15) is 11.1 Å². The van der Waals surface area contributed by atoms with Gasteiger partial charge in [-0.05, 0) is 23.4 Å². The van der Waals surface area contributed by atoms with Crippen molar-refractivity contribution in [3.63, 3.8) is 0 Å². The third-order valence-corrected chi connectivity index (χ3v) is 2.46. The van der Waals surface area contributed by atoms with Crippen LogP contribution in [0.25, 0.3) is 0 Å². The minimum atomic E-state index is -4.53. The molecule has 0 aliphatic carbocycles. The van der Waals surface area contributed by atoms with Crippen LogP contribution < -0.4 is 0 Å². The van der Waals surface area contributed by atoms with Gasteiger partial charge >= 0.3 is 11.7 Å². The van der Waals surface area contributed by atoms with E-state index in [0.717, 1.165) is 18.2 Å². The molecule has 16 heavy (non-hydrogen) atoms. The number of rotatable bonds is 2. The molecule has 1 aromatic carbocycles. The Morgan fingerprint density at radius 1 is 1.00 bits per heavy atom. The molecule has 0 spiro atoms. The van der Waals surface area contributed by atoms with E-state index < -0.39 is 23.0 Å². The summed E-state index contributed by atoms with van der Waals surface area (Å²) < 4.78 is 72.1. The van der Waals surface area contributed by atoms with Crippen molar-refractivity contribution in [2.75, 3.05) is 0 Å². The minimum Gasteiger partial charge on any atom is -0.166 e. The monoisotopic (exact) mass is 260 g/mol. The van der Waals surface area contributed by atoms with Crippen LogP contribution in [0.4, 0.5) is 26.3 Å². The predicted molar refractivity (Wildman–Crippen MR) is 48.8 cm³/mol. The van der Waals surface area contributed by atoms with E-state index in [9.17, 15) is 26.3 Å². The summed E-state index contributed by atoms with van der Waals surface area (Å²) in [6.45, 7) is 0. The van der Waals surface area contributed by atoms with Gasteiger partial charge in [0.05, 0.1) is 5.56 Å². The normalized spacial score (nSPS) is 12.9. The zero-order chi connectivity index (χ0) is 12.4. The SMILES string of the molecule is FC(F)(F)SCc1cccc(C(F)(F)F)c1. The lowest BCUT2D eigenvalue weighted by atomic mass is 10.1. The first-order valence-corrected chi connectivity index (χ1v) is 5.04. The van der Waals surface area contributed by atoms with Gasteiger partial charge in [0.1, 0.15) is 0 Å². The van der Waals surface area contributed by atoms with Gasteiger partial charge in [0.25, 0.3) is 0 Å². The van der Waals surface area contributed by atoms with Crippen LogP contribution in [0.15, 0.2) is 24.3 Å². The van der Waals surface area contributed by atoms with Gasteiger partial charge in [-0.2, -0.15) is 26.3 Å². The van der Waals surface area contributed by atoms with Crippen molar-refractivity contribution in [1.82, 2.24) is 0 Å². The van der Waals surface area contributed by atoms with Crippen molar-refractivity contribution >= 4 is 11.8 Å². The quantitative estimate of drug-likeness (QED) is 0.707. The Balaban J connectivity index is 2.76. The van der Waals surface area contributed by atoms with Crippen molar-refractivity contribution in [3.05, 3.63) is 35.4 Å². The molecule has 7 heteroatoms. The fourth-order valence-electron chi connectivity index (χ4n) is 1.00. The summed E-state index contributed by atoms with van der Waals surface area (Å²) in [6.07, 6.45) is -4.53. The van der Waals surface area contributed by atoms with Gasteiger partial charge in [-0.15, -0.1) is 0 Å². The van der Waals surface area contributed by atoms with Crippen LogP contribution in [0.2, 0.25) is 0 Å². The second kappa shape index (κ2) is 4.57. The third kappa shape index (κ3) is 4.34. The van der Waals surface area contributed by atoms with Gasteiger partial charge in [-0.25, -0.2) is 0 Å². The third-order valence-electron chi connectivity index (χ3n) is 1.66. The van der Waals surface area contributed by atoms with E-state index in [1.165, 1.54) is 6.07 Å². The molecule has 90 valence electrons. The molecule has 0 aliphatic rings. The molecule has 0 amide bonds. The van der Waals surface area contributed by atoms with Crippen LogP contribution in [0.5, 0.6) is 0 Å². The number of hydrogen-bond acceptors (Lipinski definition) is 1. The van der Waals surface area contributed by atoms with Crippen LogP contribution in [-0.2, 0) is 11.9 Å². The number of thioether (sulfide) groups is 1. The van der Waals surface area contributed by atoms with Crippen molar-refractivity contribution in [2.45, 2.75) is 17.4 Å². The Bertz CT molecular complexity index is 354. The average molecular weight is 260 g/mol. The second-order valence-corrected chi connectivity index (χ2v) is 3.97. The van der Waals surface area contributed by atoms with Gasteiger partial charge in [0.15, 0.2) is 0 Å². The molecule has 0 aliphatic heterocycles. The van der Waals surface area contributed by atoms with Crippen LogP contribution >= 0.6 is 11.8 Å². The van der Waals surface area contributed by atoms with Gasteiger partial charge < -0.3 is 0 Å². The predicted octanol–water partition coefficient (Wildman–Crippen LogP) is 4.46. The summed E-state index contributed by atoms with van der Waals surface area (Å²) in [5, 5.41) is 0. The molecule has 1 rings (SSSR count). The minimum absolute atomic E-state index is 0.00264. The van der Waals surface area contributed by atoms with E-state index in [1.54, 1.807) is 0 Å². The lowest BCUT2D eigenvalue weighted by molar-refractivity contribution is -0.137. The molecule has 0 bridgehead atoms. The van der Waals surface area contributed by atoms with E-state index in [0.29, 0.717) is 0 Å². The zero-order valence-electron chi connectivity index (χ0n) is 7.69. The molecule has 0 unspecified atom stereocenters. The highest BCUT2D eigenvalue weighted by Gasteiger charge is 2.31. The van der Waals surface area contributed by atoms with E-state index in [4.69, 9.17) is 0 Å². The molecular formula is C9H6F6S. The summed E-state index contributed by atoms with van der Waals surface area (Å²) >= 11 is -0.361. The summed E-state index contributed by atoms with van der Waals surface area (Å²) in [6, 6.07) is 3.86. The molecule has 0 saturated heterocycles. The fourth-order valence-corrected chi connectivity index (χ4v) is 1.51. The smallest absolute Gasteiger partial charge is 0.166 e. The van der Waals surface area contributed by atoms with Crippen molar-refractivity contribution < 1.29 is 26.3 Å². The Morgan fingerprint density at radius 2 is 1.62 bits per heavy atom. The van der Waals surface area contributed by atoms with Crippen LogP contribution in [0, 0.1) is 0 Å². The van der Waals surface area contributed by atoms with E-state index >= 15 is 0 Å². The van der Waals surface area contributed by atoms with E-state index in [-0.39, 0.29) is 17.3 Å². The summed E-state index contributed by atoms with van der Waals surface area (Å²) in [5.41, 5.74) is -5.38. The van der Waals surface area contributed by atoms with Crippen molar-refractivity contribution in [1.29, 1.82) is 0 Å². The van der Waals surface area contributed by atoms with E-state index in [1.807, 2.05) is 0 Å². The van der Waals surface area contributed by atoms with Gasteiger partial charge in [0.2, 0.25) is 0 Å². The number of hydrogen-bond donors (Lipinski definition) is 0. The highest BCUT2D eigenvalue weighted by molar-refractivity contribution is 7.99. The lowest BCUT2D eigenvalue weighted by Gasteiger charge is -2.09. The van der Waals surface area contributed by atoms with Gasteiger partial charge in [-0.1, -0.05) is 18.2 Å². The molecular weight excluding hydrogens is 254 g/mol. The Kier molecular flexibility index (Phi) is 3.77. The lowest BCUT2D eigenvalue weighted by Crippen LogP contribution is -2.05. The van der Waals surface area contributed by atoms with Gasteiger partial charge in [-0.3, -0.25) is 0 Å². The topological polar surface area (TPSA) is 0 Å². The maximum atomic E-state index is 12.2. The maximum Gasteiger partial charge on any atom is 0.442 e. The Hall–Kier alpha value is -0.850. The first-order chi connectivity index (χ1) is 7.18. The van der Waals surface area contributed by atoms with Gasteiger partial charge in [0, 0.05) is 5.75 Å². The Labute approximate surface area is 91.6 Å². The average Bonchev–Trinajstić information content (AvgIpc) is 2.13. The molecule has 0 saturated carbocycles. The molecule has 0 fully saturated rings. The second-order valence-electron chi connectivity index (χ2n) is 2.93. The van der Waals surface area contributed by atoms with Crippen LogP contribution in [-0.4, -0.2) is 5.51 Å². The van der Waals surface area contributed by atoms with E-state index in [2.05, 4.69) is 0 Å². The fraction of sp³-hybridized carbons (Fsp3) is 0.333. The molecule has 1 aromatic rings. The molecule has 0 heterocycles. The molecule has 0 radical (unpaired) electrons. The summed E-state index contributed by atoms with van der Waals surface area (Å²) in [5.74, 6) is -0.520. The number of halogens is 6. The number of benzene rings is 1. The highest BCUT2D eigenvalue weighted by atomic mass is 32.2. The highest BCUT2D eigenvalue weighted by Crippen LogP contribution is 2.34. The number of alkyl halides is 6. The largest absolute Gasteiger partial charge is 0.442 e. The molecule has 0 nitrogen and oxygen atoms in total. The molecule has 0 atom stereocenters. The molecule has 0 N–H and O–H groups in total. The standard InChI is InChI=1S/C9H6F6S/c10-8(11,12)7-3-1-2-6(4-7)5-16-9(13,14)15/h1-4H,5H2. The van der Waals surface area contributed by atoms with Crippen LogP contribution in [0.3, 0.4) is 0 Å². The Morgan fingerprint density at radius 3 is 2.12 bits per heavy atom.